The summed E-state index contributed by atoms with van der Waals surface area (Å²) in [4.78, 5) is 73.8. The molecule has 0 aromatic heterocycles. The van der Waals surface area contributed by atoms with Gasteiger partial charge in [-0.3, -0.25) is 39.4 Å². The van der Waals surface area contributed by atoms with Crippen LogP contribution in [0.4, 0.5) is 11.4 Å². The Kier molecular flexibility index (Phi) is 50.7. The van der Waals surface area contributed by atoms with Crippen molar-refractivity contribution in [3.8, 4) is 29.4 Å². The molecule has 0 atom stereocenters. The van der Waals surface area contributed by atoms with Crippen LogP contribution in [0.5, 0.6) is 17.2 Å². The van der Waals surface area contributed by atoms with Crippen molar-refractivity contribution in [1.82, 2.24) is 9.80 Å². The third-order valence-electron chi connectivity index (χ3n) is 12.8. The van der Waals surface area contributed by atoms with Gasteiger partial charge in [0.2, 0.25) is 5.75 Å². The van der Waals surface area contributed by atoms with E-state index in [-0.39, 0.29) is 95.5 Å². The highest BCUT2D eigenvalue weighted by Crippen LogP contribution is 2.37. The highest BCUT2D eigenvalue weighted by molar-refractivity contribution is 9.69. The van der Waals surface area contributed by atoms with Crippen molar-refractivity contribution >= 4 is 97.7 Å². The summed E-state index contributed by atoms with van der Waals surface area (Å²) in [5.41, 5.74) is -0.835. The SMILES string of the molecule is BrB(Br)Br.CC/C=C\C/C=C\C/C=C\C/C=C\C/C=C\CCCC(=O)OCCN(CC)C(=O)/C(C#N)=C/c1cc(O)c(O)c([N+](=O)[O-])c1.CC/C=C\C/C=C\C/C=C\C/C=C\C/C=C\CCCC(=O)OCCN(CC)C(=O)/C(C#N)=C/c1cc(OC)c(C)c([N+](=O)[O-])c1. The topological polar surface area (TPSA) is 277 Å². The van der Waals surface area contributed by atoms with Gasteiger partial charge in [-0.1, -0.05) is 135 Å². The maximum atomic E-state index is 13.0. The first kappa shape index (κ1) is 84.9. The number of nitro groups is 2. The van der Waals surface area contributed by atoms with Crippen LogP contribution in [0.15, 0.2) is 157 Å². The minimum Gasteiger partial charge on any atom is -0.504 e. The van der Waals surface area contributed by atoms with Gasteiger partial charge in [0.1, 0.15) is 42.2 Å². The predicted octanol–water partition coefficient (Wildman–Crippen LogP) is 17.5. The molecule has 2 amide bonds. The van der Waals surface area contributed by atoms with E-state index in [1.165, 1.54) is 35.1 Å². The summed E-state index contributed by atoms with van der Waals surface area (Å²) in [6.07, 6.45) is 57.9. The zero-order valence-electron chi connectivity index (χ0n) is 54.3. The zero-order valence-corrected chi connectivity index (χ0v) is 59.1. The molecule has 0 bridgehead atoms. The number of halogens is 3. The van der Waals surface area contributed by atoms with E-state index in [4.69, 9.17) is 14.2 Å². The first-order valence-electron chi connectivity index (χ1n) is 30.9. The average molecular weight is 1470 g/mol. The van der Waals surface area contributed by atoms with Crippen LogP contribution in [-0.2, 0) is 28.7 Å². The van der Waals surface area contributed by atoms with Gasteiger partial charge in [-0.2, -0.15) is 10.5 Å². The molecule has 23 heteroatoms. The van der Waals surface area contributed by atoms with Crippen molar-refractivity contribution < 1.29 is 53.4 Å². The van der Waals surface area contributed by atoms with Gasteiger partial charge in [-0.25, -0.2) is 0 Å². The molecule has 502 valence electrons. The van der Waals surface area contributed by atoms with E-state index < -0.39 is 38.8 Å². The van der Waals surface area contributed by atoms with Crippen LogP contribution < -0.4 is 4.74 Å². The van der Waals surface area contributed by atoms with Gasteiger partial charge in [-0.05, 0) is 146 Å². The number of nitriles is 2. The molecule has 0 fully saturated rings. The quantitative estimate of drug-likeness (QED) is 0.00720. The van der Waals surface area contributed by atoms with Gasteiger partial charge in [0.05, 0.1) is 35.6 Å². The second-order valence-electron chi connectivity index (χ2n) is 19.8. The number of allylic oxidation sites excluding steroid dienone is 20. The summed E-state index contributed by atoms with van der Waals surface area (Å²) in [7, 11) is 1.39. The minimum atomic E-state index is -0.910. The normalized spacial score (nSPS) is 11.9. The fourth-order valence-corrected chi connectivity index (χ4v) is 7.94. The Morgan fingerprint density at radius 2 is 0.871 bits per heavy atom. The summed E-state index contributed by atoms with van der Waals surface area (Å²) >= 11 is 9.31. The maximum Gasteiger partial charge on any atom is 0.369 e. The van der Waals surface area contributed by atoms with Crippen molar-refractivity contribution in [3.05, 3.63) is 194 Å². The Balaban J connectivity index is 0.00000172. The summed E-state index contributed by atoms with van der Waals surface area (Å²) in [5, 5.41) is 61.0. The van der Waals surface area contributed by atoms with Crippen molar-refractivity contribution in [2.24, 2.45) is 0 Å². The molecule has 0 aliphatic rings. The lowest BCUT2D eigenvalue weighted by atomic mass is 10.1. The molecule has 0 saturated carbocycles. The van der Waals surface area contributed by atoms with E-state index in [2.05, 4.69) is 177 Å². The molecule has 0 aliphatic heterocycles. The maximum absolute atomic E-state index is 13.0. The molecule has 2 rings (SSSR count). The number of carbonyl (C=O) groups is 4. The van der Waals surface area contributed by atoms with Gasteiger partial charge in [-0.15, -0.1) is 47.3 Å². The summed E-state index contributed by atoms with van der Waals surface area (Å²) in [5.74, 6) is -3.34. The molecule has 93 heavy (non-hydrogen) atoms. The second kappa shape index (κ2) is 55.5. The lowest BCUT2D eigenvalue weighted by Gasteiger charge is -2.20. The highest BCUT2D eigenvalue weighted by atomic mass is 79.9. The molecular weight excluding hydrogens is 1380 g/mol. The number of hydrogen-bond acceptors (Lipinski definition) is 15. The number of esters is 2. The number of unbranched alkanes of at least 4 members (excludes halogenated alkanes) is 2. The number of hydrogen-bond donors (Lipinski definition) is 2. The third kappa shape index (κ3) is 41.9. The molecular formula is C70H90BBr3N6O13. The Morgan fingerprint density at radius 1 is 0.548 bits per heavy atom. The second-order valence-corrected chi connectivity index (χ2v) is 26.2. The van der Waals surface area contributed by atoms with Crippen molar-refractivity contribution in [2.45, 2.75) is 137 Å². The number of carbonyl (C=O) groups excluding carboxylic acids is 4. The highest BCUT2D eigenvalue weighted by Gasteiger charge is 2.23. The number of nitrogens with zero attached hydrogens (tertiary/aromatic N) is 6. The fraction of sp³-hybridized carbons (Fsp3) is 0.400. The molecule has 2 N–H and O–H groups in total. The third-order valence-corrected chi connectivity index (χ3v) is 12.8. The first-order valence-corrected chi connectivity index (χ1v) is 33.6. The first-order chi connectivity index (χ1) is 44.8. The number of aromatic hydroxyl groups is 2. The zero-order chi connectivity index (χ0) is 69.4. The summed E-state index contributed by atoms with van der Waals surface area (Å²) in [6, 6.07) is 8.40. The largest absolute Gasteiger partial charge is 0.504 e. The number of likely N-dealkylation sites (N-methyl/N-ethyl adjacent to an activating group) is 2. The van der Waals surface area contributed by atoms with Crippen LogP contribution in [0, 0.1) is 49.8 Å². The van der Waals surface area contributed by atoms with Gasteiger partial charge in [0.25, 0.3) is 17.5 Å². The number of phenolic OH excluding ortho intramolecular Hbond substituents is 2. The molecule has 2 aromatic carbocycles. The number of methoxy groups -OCH3 is 1. The number of amides is 2. The van der Waals surface area contributed by atoms with Crippen LogP contribution >= 0.6 is 47.3 Å². The van der Waals surface area contributed by atoms with Gasteiger partial charge < -0.3 is 34.2 Å². The number of phenols is 2. The Labute approximate surface area is 575 Å². The monoisotopic (exact) mass is 1470 g/mol. The molecule has 19 nitrogen and oxygen atoms in total. The predicted molar refractivity (Wildman–Crippen MR) is 384 cm³/mol. The van der Waals surface area contributed by atoms with Crippen molar-refractivity contribution in [2.75, 3.05) is 46.5 Å². The van der Waals surface area contributed by atoms with E-state index >= 15 is 0 Å². The van der Waals surface area contributed by atoms with Crippen LogP contribution in [0.3, 0.4) is 0 Å². The Morgan fingerprint density at radius 3 is 1.18 bits per heavy atom. The molecule has 0 saturated heterocycles. The Hall–Kier alpha value is -8.12. The summed E-state index contributed by atoms with van der Waals surface area (Å²) in [6.45, 7) is 9.89. The van der Waals surface area contributed by atoms with Crippen molar-refractivity contribution in [1.29, 1.82) is 10.5 Å². The molecule has 0 radical (unpaired) electrons. The lowest BCUT2D eigenvalue weighted by molar-refractivity contribution is -0.386. The van der Waals surface area contributed by atoms with Crippen LogP contribution in [0.25, 0.3) is 12.2 Å². The van der Waals surface area contributed by atoms with Gasteiger partial charge in [0.15, 0.2) is 5.75 Å². The van der Waals surface area contributed by atoms with E-state index in [1.54, 1.807) is 26.8 Å². The van der Waals surface area contributed by atoms with E-state index in [1.807, 2.05) is 12.1 Å². The Bertz CT molecular complexity index is 3090. The molecule has 2 aromatic rings. The van der Waals surface area contributed by atoms with Gasteiger partial charge >= 0.3 is 20.8 Å². The summed E-state index contributed by atoms with van der Waals surface area (Å²) < 4.78 is 16.0. The van der Waals surface area contributed by atoms with E-state index in [0.29, 0.717) is 24.0 Å². The van der Waals surface area contributed by atoms with Crippen LogP contribution in [0.1, 0.15) is 147 Å². The smallest absolute Gasteiger partial charge is 0.369 e. The molecule has 0 heterocycles. The van der Waals surface area contributed by atoms with E-state index in [0.717, 1.165) is 95.3 Å². The van der Waals surface area contributed by atoms with Crippen molar-refractivity contribution in [3.63, 3.8) is 0 Å². The molecule has 0 aliphatic carbocycles. The van der Waals surface area contributed by atoms with Crippen LogP contribution in [-0.4, -0.2) is 103 Å². The fourth-order valence-electron chi connectivity index (χ4n) is 7.94. The standard InChI is InChI=1S/C36H47N3O6.C34H43N3O7.BBr3/c1-5-7-8-9-10-11-12-13-14-15-16-17-18-19-20-21-22-23-35(40)45-25-24-38(6-2)36(41)32(29-37)26-31-27-33(39(42)43)30(3)34(28-31)44-4;1-3-5-6-7-8-9-10-11-12-13-14-15-16-17-18-19-20-21-32(39)44-23-22-36(4-2)34(41)29(27-35)24-28-25-30(37(42)43)33(40)31(38)26-28;2-1(3)4/h7-8,10-11,13-14,16-17,19-20,26-28H,5-6,9,12,15,18,21-25H2,1-4H3;5-6,8-9,11-12,14-15,17-18,24-26,38,40H,3-4,7,10,13,16,19-23H2,1-2H3;/b8-7-,11-10-,14-13-,17-16-,20-19-,32-26+;6-5-,9-8-,12-11-,15-14-,18-17-,29-24+;. The molecule has 0 unspecified atom stereocenters. The number of nitro benzene ring substituents is 2. The number of benzene rings is 2. The minimum absolute atomic E-state index is 0.00260. The number of rotatable bonds is 41. The number of ether oxygens (including phenoxy) is 3. The van der Waals surface area contributed by atoms with E-state index in [9.17, 15) is 60.1 Å². The average Bonchev–Trinajstić information content (AvgIpc) is 1.90. The van der Waals surface area contributed by atoms with Gasteiger partial charge in [0, 0.05) is 38.1 Å². The lowest BCUT2D eigenvalue weighted by Crippen LogP contribution is -2.35. The molecule has 0 spiro atoms. The van der Waals surface area contributed by atoms with Crippen LogP contribution in [0.2, 0.25) is 0 Å².